The van der Waals surface area contributed by atoms with Crippen molar-refractivity contribution in [3.8, 4) is 0 Å². The average Bonchev–Trinajstić information content (AvgIpc) is 3.23. The predicted molar refractivity (Wildman–Crippen MR) is 96.4 cm³/mol. The van der Waals surface area contributed by atoms with Gasteiger partial charge in [-0.25, -0.2) is 0 Å². The first-order valence-corrected chi connectivity index (χ1v) is 8.83. The molecule has 2 aromatic rings. The molecule has 0 bridgehead atoms. The van der Waals surface area contributed by atoms with Gasteiger partial charge < -0.3 is 14.6 Å². The zero-order chi connectivity index (χ0) is 16.9. The molecule has 130 valence electrons. The lowest BCUT2D eigenvalue weighted by Crippen LogP contribution is -2.40. The Bertz CT molecular complexity index is 695. The summed E-state index contributed by atoms with van der Waals surface area (Å²) in [6.07, 6.45) is 4.42. The second-order valence-electron chi connectivity index (χ2n) is 6.37. The minimum atomic E-state index is 0.0213. The van der Waals surface area contributed by atoms with Crippen molar-refractivity contribution in [1.82, 2.24) is 14.8 Å². The maximum atomic E-state index is 12.7. The van der Waals surface area contributed by atoms with E-state index < -0.39 is 0 Å². The van der Waals surface area contributed by atoms with Crippen LogP contribution < -0.4 is 5.32 Å². The van der Waals surface area contributed by atoms with Crippen LogP contribution >= 0.6 is 0 Å². The van der Waals surface area contributed by atoms with E-state index in [0.717, 1.165) is 42.6 Å². The Hall–Kier alpha value is -1.85. The first-order chi connectivity index (χ1) is 11.7. The smallest absolute Gasteiger partial charge is 0.252 e. The number of aromatic nitrogens is 1. The second kappa shape index (κ2) is 7.81. The Balaban J connectivity index is 1.71. The number of methoxy groups -OCH3 is 1. The number of likely N-dealkylation sites (N-methyl/N-ethyl adjacent to an activating group) is 1. The third-order valence-electron chi connectivity index (χ3n) is 5.00. The van der Waals surface area contributed by atoms with Gasteiger partial charge in [0.2, 0.25) is 0 Å². The minimum absolute atomic E-state index is 0.0213. The maximum absolute atomic E-state index is 12.7. The van der Waals surface area contributed by atoms with Crippen molar-refractivity contribution in [1.29, 1.82) is 0 Å². The van der Waals surface area contributed by atoms with Gasteiger partial charge in [-0.15, -0.1) is 0 Å². The molecular weight excluding hydrogens is 302 g/mol. The summed E-state index contributed by atoms with van der Waals surface area (Å²) in [4.78, 5) is 15.1. The van der Waals surface area contributed by atoms with E-state index in [2.05, 4.69) is 27.8 Å². The summed E-state index contributed by atoms with van der Waals surface area (Å²) in [5.41, 5.74) is 1.83. The first-order valence-electron chi connectivity index (χ1n) is 8.83. The number of hydrogen-bond acceptors (Lipinski definition) is 3. The van der Waals surface area contributed by atoms with Gasteiger partial charge in [-0.3, -0.25) is 9.69 Å². The fraction of sp³-hybridized carbons (Fsp3) is 0.526. The molecule has 1 aromatic heterocycles. The third-order valence-corrected chi connectivity index (χ3v) is 5.00. The first kappa shape index (κ1) is 17.0. The van der Waals surface area contributed by atoms with Crippen LogP contribution in [0.1, 0.15) is 30.1 Å². The number of fused-ring (bicyclic) bond motifs is 1. The van der Waals surface area contributed by atoms with Crippen molar-refractivity contribution in [3.05, 3.63) is 36.0 Å². The molecule has 0 saturated carbocycles. The second-order valence-corrected chi connectivity index (χ2v) is 6.37. The fourth-order valence-corrected chi connectivity index (χ4v) is 3.65. The third kappa shape index (κ3) is 3.47. The topological polar surface area (TPSA) is 46.5 Å². The molecule has 1 aromatic carbocycles. The standard InChI is InChI=1S/C19H27N3O2/c1-3-21-10-5-6-15(21)14-20-19(23)17-7-4-8-18-16(17)9-11-22(18)12-13-24-2/h4,7-9,11,15H,3,5-6,10,12-14H2,1-2H3,(H,20,23). The molecule has 1 N–H and O–H groups in total. The van der Waals surface area contributed by atoms with Gasteiger partial charge in [0.1, 0.15) is 0 Å². The molecule has 5 heteroatoms. The lowest BCUT2D eigenvalue weighted by Gasteiger charge is -2.22. The fourth-order valence-electron chi connectivity index (χ4n) is 3.65. The highest BCUT2D eigenvalue weighted by molar-refractivity contribution is 6.06. The van der Waals surface area contributed by atoms with E-state index in [1.807, 2.05) is 24.4 Å². The van der Waals surface area contributed by atoms with Gasteiger partial charge in [-0.2, -0.15) is 0 Å². The van der Waals surface area contributed by atoms with E-state index in [-0.39, 0.29) is 5.91 Å². The molecule has 1 amide bonds. The number of rotatable bonds is 7. The SMILES string of the molecule is CCN1CCCC1CNC(=O)c1cccc2c1ccn2CCOC. The molecule has 1 saturated heterocycles. The van der Waals surface area contributed by atoms with E-state index in [4.69, 9.17) is 4.74 Å². The van der Waals surface area contributed by atoms with Crippen LogP contribution in [0.5, 0.6) is 0 Å². The molecule has 2 heterocycles. The summed E-state index contributed by atoms with van der Waals surface area (Å²) in [7, 11) is 1.70. The van der Waals surface area contributed by atoms with Crippen LogP contribution in [0.3, 0.4) is 0 Å². The van der Waals surface area contributed by atoms with E-state index in [1.165, 1.54) is 12.8 Å². The van der Waals surface area contributed by atoms with Gasteiger partial charge >= 0.3 is 0 Å². The highest BCUT2D eigenvalue weighted by Gasteiger charge is 2.23. The molecule has 5 nitrogen and oxygen atoms in total. The monoisotopic (exact) mass is 329 g/mol. The van der Waals surface area contributed by atoms with Gasteiger partial charge in [0.05, 0.1) is 6.61 Å². The van der Waals surface area contributed by atoms with Crippen LogP contribution in [0, 0.1) is 0 Å². The number of hydrogen-bond donors (Lipinski definition) is 1. The van der Waals surface area contributed by atoms with Gasteiger partial charge in [-0.05, 0) is 44.1 Å². The summed E-state index contributed by atoms with van der Waals surface area (Å²) in [5.74, 6) is 0.0213. The molecular formula is C19H27N3O2. The number of amides is 1. The lowest BCUT2D eigenvalue weighted by molar-refractivity contribution is 0.0943. The lowest BCUT2D eigenvalue weighted by atomic mass is 10.1. The van der Waals surface area contributed by atoms with E-state index >= 15 is 0 Å². The highest BCUT2D eigenvalue weighted by Crippen LogP contribution is 2.21. The van der Waals surface area contributed by atoms with Gasteiger partial charge in [0, 0.05) is 48.9 Å². The van der Waals surface area contributed by atoms with Crippen molar-refractivity contribution < 1.29 is 9.53 Å². The number of carbonyl (C=O) groups excluding carboxylic acids is 1. The number of carbonyl (C=O) groups is 1. The Morgan fingerprint density at radius 2 is 2.25 bits per heavy atom. The van der Waals surface area contributed by atoms with Gasteiger partial charge in [0.15, 0.2) is 0 Å². The van der Waals surface area contributed by atoms with Crippen molar-refractivity contribution in [2.24, 2.45) is 0 Å². The molecule has 24 heavy (non-hydrogen) atoms. The molecule has 1 aliphatic heterocycles. The molecule has 1 atom stereocenters. The minimum Gasteiger partial charge on any atom is -0.383 e. The zero-order valence-corrected chi connectivity index (χ0v) is 14.6. The highest BCUT2D eigenvalue weighted by atomic mass is 16.5. The Labute approximate surface area is 143 Å². The zero-order valence-electron chi connectivity index (χ0n) is 14.6. The molecule has 0 spiro atoms. The summed E-state index contributed by atoms with van der Waals surface area (Å²) < 4.78 is 7.28. The predicted octanol–water partition coefficient (Wildman–Crippen LogP) is 2.50. The van der Waals surface area contributed by atoms with Crippen molar-refractivity contribution in [2.75, 3.05) is 33.4 Å². The Morgan fingerprint density at radius 3 is 3.04 bits per heavy atom. The molecule has 1 unspecified atom stereocenters. The largest absolute Gasteiger partial charge is 0.383 e. The summed E-state index contributed by atoms with van der Waals surface area (Å²) in [6.45, 7) is 6.57. The van der Waals surface area contributed by atoms with Crippen molar-refractivity contribution >= 4 is 16.8 Å². The summed E-state index contributed by atoms with van der Waals surface area (Å²) in [6, 6.07) is 8.41. The van der Waals surface area contributed by atoms with Crippen molar-refractivity contribution in [3.63, 3.8) is 0 Å². The molecule has 1 fully saturated rings. The van der Waals surface area contributed by atoms with Crippen LogP contribution in [-0.4, -0.2) is 54.8 Å². The van der Waals surface area contributed by atoms with Crippen LogP contribution in [0.25, 0.3) is 10.9 Å². The Morgan fingerprint density at radius 1 is 1.38 bits per heavy atom. The summed E-state index contributed by atoms with van der Waals surface area (Å²) >= 11 is 0. The van der Waals surface area contributed by atoms with Gasteiger partial charge in [0.25, 0.3) is 5.91 Å². The average molecular weight is 329 g/mol. The van der Waals surface area contributed by atoms with Crippen molar-refractivity contribution in [2.45, 2.75) is 32.4 Å². The number of likely N-dealkylation sites (tertiary alicyclic amines) is 1. The summed E-state index contributed by atoms with van der Waals surface area (Å²) in [5, 5.41) is 4.14. The van der Waals surface area contributed by atoms with Crippen LogP contribution in [-0.2, 0) is 11.3 Å². The van der Waals surface area contributed by atoms with Crippen LogP contribution in [0.4, 0.5) is 0 Å². The van der Waals surface area contributed by atoms with E-state index in [0.29, 0.717) is 12.6 Å². The van der Waals surface area contributed by atoms with E-state index in [1.54, 1.807) is 7.11 Å². The van der Waals surface area contributed by atoms with Crippen LogP contribution in [0.2, 0.25) is 0 Å². The number of ether oxygens (including phenoxy) is 1. The van der Waals surface area contributed by atoms with E-state index in [9.17, 15) is 4.79 Å². The number of benzene rings is 1. The van der Waals surface area contributed by atoms with Gasteiger partial charge in [-0.1, -0.05) is 13.0 Å². The molecule has 1 aliphatic rings. The quantitative estimate of drug-likeness (QED) is 0.849. The molecule has 0 aliphatic carbocycles. The maximum Gasteiger partial charge on any atom is 0.252 e. The molecule has 3 rings (SSSR count). The van der Waals surface area contributed by atoms with Crippen LogP contribution in [0.15, 0.2) is 30.5 Å². The number of nitrogens with one attached hydrogen (secondary N) is 1. The number of nitrogens with zero attached hydrogens (tertiary/aromatic N) is 2. The Kier molecular flexibility index (Phi) is 5.53. The molecule has 0 radical (unpaired) electrons. The normalized spacial score (nSPS) is 18.3.